The molecule has 0 aliphatic carbocycles. The van der Waals surface area contributed by atoms with Gasteiger partial charge in [0, 0.05) is 38.6 Å². The van der Waals surface area contributed by atoms with Gasteiger partial charge in [0.15, 0.2) is 53.1 Å². The van der Waals surface area contributed by atoms with Crippen LogP contribution in [0, 0.1) is 0 Å². The Hall–Kier alpha value is -5.95. The topological polar surface area (TPSA) is 424 Å². The Balaban J connectivity index is 0.780. The number of aliphatic hydroxyl groups is 1. The highest BCUT2D eigenvalue weighted by Crippen LogP contribution is 2.53. The summed E-state index contributed by atoms with van der Waals surface area (Å²) in [5.74, 6) is -0.237. The lowest BCUT2D eigenvalue weighted by molar-refractivity contribution is -0.155. The number of esters is 1. The van der Waals surface area contributed by atoms with E-state index in [0.717, 1.165) is 19.3 Å². The van der Waals surface area contributed by atoms with Gasteiger partial charge in [-0.15, -0.1) is 0 Å². The van der Waals surface area contributed by atoms with Crippen molar-refractivity contribution in [2.24, 2.45) is 0 Å². The van der Waals surface area contributed by atoms with E-state index in [9.17, 15) is 33.6 Å². The molecular formula is C50H74N16O15P2. The molecule has 6 aromatic heterocycles. The third-order valence-corrected chi connectivity index (χ3v) is 16.7. The highest BCUT2D eigenvalue weighted by molar-refractivity contribution is 7.47. The number of ether oxygens (including phenoxy) is 4. The van der Waals surface area contributed by atoms with E-state index < -0.39 is 96.7 Å². The molecule has 3 saturated heterocycles. The Bertz CT molecular complexity index is 3210. The Morgan fingerprint density at radius 1 is 0.566 bits per heavy atom. The first-order valence-corrected chi connectivity index (χ1v) is 31.2. The quantitative estimate of drug-likeness (QED) is 0.0154. The third-order valence-electron chi connectivity index (χ3n) is 14.7. The van der Waals surface area contributed by atoms with Crippen LogP contribution in [0.2, 0.25) is 0 Å². The number of aliphatic hydroxyl groups excluding tert-OH is 1. The van der Waals surface area contributed by atoms with E-state index in [0.29, 0.717) is 32.2 Å². The summed E-state index contributed by atoms with van der Waals surface area (Å²) in [4.78, 5) is 85.8. The van der Waals surface area contributed by atoms with Crippen LogP contribution < -0.4 is 22.5 Å². The van der Waals surface area contributed by atoms with Crippen LogP contribution >= 0.6 is 15.6 Å². The number of nitrogen functional groups attached to an aromatic ring is 3. The highest BCUT2D eigenvalue weighted by Gasteiger charge is 2.47. The number of carbonyl (C=O) groups is 2. The summed E-state index contributed by atoms with van der Waals surface area (Å²) in [5, 5.41) is 12.9. The fourth-order valence-electron chi connectivity index (χ4n) is 10.5. The number of nitrogens with one attached hydrogen (secondary N) is 1. The summed E-state index contributed by atoms with van der Waals surface area (Å²) in [6.07, 6.45) is 13.7. The molecule has 0 spiro atoms. The Morgan fingerprint density at radius 2 is 0.964 bits per heavy atom. The predicted molar refractivity (Wildman–Crippen MR) is 296 cm³/mol. The fourth-order valence-corrected chi connectivity index (χ4v) is 12.4. The molecule has 31 nitrogen and oxygen atoms in total. The predicted octanol–water partition coefficient (Wildman–Crippen LogP) is 5.40. The van der Waals surface area contributed by atoms with Crippen LogP contribution in [-0.4, -0.2) is 148 Å². The van der Waals surface area contributed by atoms with Gasteiger partial charge in [0.1, 0.15) is 53.8 Å². The minimum Gasteiger partial charge on any atom is -0.457 e. The number of nitrogens with zero attached hydrogens (tertiary/aromatic N) is 12. The molecule has 9 rings (SSSR count). The maximum atomic E-state index is 14.0. The van der Waals surface area contributed by atoms with E-state index in [4.69, 9.17) is 54.2 Å². The van der Waals surface area contributed by atoms with Crippen molar-refractivity contribution in [3.05, 3.63) is 38.0 Å². The number of unbranched alkanes of at least 4 members (excludes halogenated alkanes) is 12. The first-order chi connectivity index (χ1) is 40.1. The summed E-state index contributed by atoms with van der Waals surface area (Å²) in [6, 6.07) is 0. The van der Waals surface area contributed by atoms with Crippen LogP contribution in [0.15, 0.2) is 38.0 Å². The summed E-state index contributed by atoms with van der Waals surface area (Å²) in [7, 11) is -10.0. The van der Waals surface area contributed by atoms with Gasteiger partial charge in [-0.1, -0.05) is 77.6 Å². The SMILES string of the molecule is CCCCCCCCCCCCCC(=O)NCCCCCC(=O)O[C@@H]1C[C@@H](COP(=O)(O)O[C@@H]2C[C@@H](COP(=O)(O)O[C@@H]3C[C@@H](CO)O[C@H]3n3cnc4c(N)ncnc43)O[C@H]2n2cnc3c(N)ncnc32)O[C@H]1n1cnc2c(N)ncnc21. The molecule has 33 heteroatoms. The number of anilines is 3. The molecule has 0 radical (unpaired) electrons. The van der Waals surface area contributed by atoms with Crippen molar-refractivity contribution >= 4 is 78.5 Å². The van der Waals surface area contributed by atoms with Gasteiger partial charge in [-0.25, -0.2) is 54.0 Å². The summed E-state index contributed by atoms with van der Waals surface area (Å²) < 4.78 is 79.0. The number of amides is 1. The molecule has 454 valence electrons. The average Bonchev–Trinajstić information content (AvgIpc) is 2.57. The first-order valence-electron chi connectivity index (χ1n) is 28.2. The zero-order valence-corrected chi connectivity index (χ0v) is 47.9. The number of phosphoric acid groups is 2. The van der Waals surface area contributed by atoms with Crippen molar-refractivity contribution in [3.63, 3.8) is 0 Å². The number of aromatic nitrogens is 12. The largest absolute Gasteiger partial charge is 0.472 e. The average molecular weight is 1200 g/mol. The Kier molecular flexibility index (Phi) is 21.3. The van der Waals surface area contributed by atoms with E-state index in [1.165, 1.54) is 103 Å². The number of hydrogen-bond donors (Lipinski definition) is 7. The van der Waals surface area contributed by atoms with Crippen LogP contribution in [0.25, 0.3) is 33.5 Å². The van der Waals surface area contributed by atoms with Crippen LogP contribution in [0.3, 0.4) is 0 Å². The van der Waals surface area contributed by atoms with Crippen LogP contribution in [0.5, 0.6) is 0 Å². The van der Waals surface area contributed by atoms with Gasteiger partial charge in [0.2, 0.25) is 5.91 Å². The molecular weight excluding hydrogens is 1130 g/mol. The van der Waals surface area contributed by atoms with Gasteiger partial charge in [0.25, 0.3) is 0 Å². The number of rotatable bonds is 33. The van der Waals surface area contributed by atoms with Gasteiger partial charge < -0.3 is 56.4 Å². The molecule has 9 heterocycles. The molecule has 0 saturated carbocycles. The van der Waals surface area contributed by atoms with Crippen molar-refractivity contribution in [2.45, 2.75) is 184 Å². The minimum absolute atomic E-state index is 0.0120. The summed E-state index contributed by atoms with van der Waals surface area (Å²) in [5.41, 5.74) is 19.6. The molecule has 3 fully saturated rings. The van der Waals surface area contributed by atoms with Crippen molar-refractivity contribution in [3.8, 4) is 0 Å². The smallest absolute Gasteiger partial charge is 0.457 e. The van der Waals surface area contributed by atoms with E-state index in [-0.39, 0.29) is 82.5 Å². The number of hydrogen-bond acceptors (Lipinski definition) is 25. The van der Waals surface area contributed by atoms with Crippen molar-refractivity contribution in [1.82, 2.24) is 63.9 Å². The Morgan fingerprint density at radius 3 is 1.43 bits per heavy atom. The van der Waals surface area contributed by atoms with E-state index in [1.807, 2.05) is 0 Å². The number of phosphoric ester groups is 2. The summed E-state index contributed by atoms with van der Waals surface area (Å²) >= 11 is 0. The zero-order chi connectivity index (χ0) is 58.5. The van der Waals surface area contributed by atoms with Crippen LogP contribution in [0.1, 0.15) is 148 Å². The molecule has 0 bridgehead atoms. The number of nitrogens with two attached hydrogens (primary N) is 3. The monoisotopic (exact) mass is 1200 g/mol. The lowest BCUT2D eigenvalue weighted by Crippen LogP contribution is -2.25. The van der Waals surface area contributed by atoms with E-state index >= 15 is 0 Å². The highest BCUT2D eigenvalue weighted by atomic mass is 31.2. The second-order valence-corrected chi connectivity index (χ2v) is 23.7. The summed E-state index contributed by atoms with van der Waals surface area (Å²) in [6.45, 7) is 1.17. The number of carbonyl (C=O) groups excluding carboxylic acids is 2. The molecule has 3 aliphatic rings. The van der Waals surface area contributed by atoms with Gasteiger partial charge in [-0.3, -0.25) is 41.4 Å². The molecule has 1 amide bonds. The molecule has 83 heavy (non-hydrogen) atoms. The Labute approximate surface area is 477 Å². The van der Waals surface area contributed by atoms with E-state index in [2.05, 4.69) is 57.1 Å². The minimum atomic E-state index is -5.05. The molecule has 11 atom stereocenters. The standard InChI is InChI=1S/C50H74N16O15P2/c1-2-3-4-5-6-7-8-9-10-11-13-16-37(68)54-18-15-12-14-17-38(69)79-34-20-32(77-48(34)64-28-61-39-42(51)55-25-58-45(39)64)23-74-83(72,73)81-36-21-33(78-50(36)66-30-63-41-44(53)57-27-60-47(41)66)24-75-82(70,71)80-35-19-31(22-67)76-49(35)65-29-62-40-43(52)56-26-59-46(40)65/h25-36,48-50,67H,2-24H2,1H3,(H,54,68)(H,70,71)(H,72,73)(H2,51,55,58)(H2,52,56,59)(H2,53,57,60)/t31-,32-,33-,34+,35+,36+,48+,49+,50+/m0/s1. The first kappa shape index (κ1) is 61.6. The van der Waals surface area contributed by atoms with Gasteiger partial charge in [-0.2, -0.15) is 0 Å². The number of imidazole rings is 3. The lowest BCUT2D eigenvalue weighted by Gasteiger charge is -2.23. The second kappa shape index (κ2) is 28.8. The fraction of sp³-hybridized carbons (Fsp3) is 0.660. The van der Waals surface area contributed by atoms with Crippen molar-refractivity contribution < 1.29 is 70.7 Å². The molecule has 2 unspecified atom stereocenters. The zero-order valence-electron chi connectivity index (χ0n) is 46.2. The third kappa shape index (κ3) is 16.1. The maximum Gasteiger partial charge on any atom is 0.472 e. The normalized spacial score (nSPS) is 24.2. The molecule has 0 aromatic carbocycles. The molecule has 6 aromatic rings. The molecule has 3 aliphatic heterocycles. The maximum absolute atomic E-state index is 14.0. The molecule has 10 N–H and O–H groups in total. The van der Waals surface area contributed by atoms with Crippen LogP contribution in [-0.2, 0) is 55.8 Å². The van der Waals surface area contributed by atoms with Gasteiger partial charge in [0.05, 0.1) is 57.1 Å². The number of fused-ring (bicyclic) bond motifs is 3. The van der Waals surface area contributed by atoms with E-state index in [1.54, 1.807) is 0 Å². The lowest BCUT2D eigenvalue weighted by atomic mass is 10.1. The van der Waals surface area contributed by atoms with Crippen molar-refractivity contribution in [2.75, 3.05) is 43.6 Å². The van der Waals surface area contributed by atoms with Crippen molar-refractivity contribution in [1.29, 1.82) is 0 Å². The van der Waals surface area contributed by atoms with Gasteiger partial charge >= 0.3 is 21.6 Å². The second-order valence-electron chi connectivity index (χ2n) is 20.9. The van der Waals surface area contributed by atoms with Gasteiger partial charge in [-0.05, 0) is 19.3 Å². The van der Waals surface area contributed by atoms with Crippen LogP contribution in [0.4, 0.5) is 17.5 Å².